The number of rotatable bonds is 3. The van der Waals surface area contributed by atoms with Gasteiger partial charge in [0.05, 0.1) is 19.0 Å². The van der Waals surface area contributed by atoms with Gasteiger partial charge in [0.25, 0.3) is 0 Å². The molecule has 1 aromatic carbocycles. The van der Waals surface area contributed by atoms with Crippen molar-refractivity contribution in [3.63, 3.8) is 0 Å². The van der Waals surface area contributed by atoms with Crippen molar-refractivity contribution in [2.45, 2.75) is 4.90 Å². The summed E-state index contributed by atoms with van der Waals surface area (Å²) in [5, 5.41) is 8.04. The van der Waals surface area contributed by atoms with Crippen molar-refractivity contribution in [3.8, 4) is 0 Å². The van der Waals surface area contributed by atoms with Crippen molar-refractivity contribution >= 4 is 33.5 Å². The Morgan fingerprint density at radius 2 is 2.06 bits per heavy atom. The number of benzene rings is 1. The zero-order valence-electron chi connectivity index (χ0n) is 9.49. The van der Waals surface area contributed by atoms with Gasteiger partial charge in [-0.05, 0) is 28.1 Å². The predicted molar refractivity (Wildman–Crippen MR) is 75.0 cm³/mol. The fraction of sp³-hybridized carbons (Fsp3) is 0.417. The van der Waals surface area contributed by atoms with Crippen LogP contribution in [0.25, 0.3) is 0 Å². The minimum absolute atomic E-state index is 0.689. The van der Waals surface area contributed by atoms with Crippen LogP contribution in [0, 0.1) is 5.41 Å². The molecular formula is C12H15BrN2OS. The molecule has 1 heterocycles. The maximum Gasteiger partial charge on any atom is 0.106 e. The van der Waals surface area contributed by atoms with E-state index < -0.39 is 0 Å². The molecule has 0 bridgehead atoms. The summed E-state index contributed by atoms with van der Waals surface area (Å²) in [6, 6.07) is 8.12. The first kappa shape index (κ1) is 12.9. The molecule has 0 aromatic heterocycles. The van der Waals surface area contributed by atoms with Crippen LogP contribution in [0.15, 0.2) is 33.6 Å². The lowest BCUT2D eigenvalue weighted by molar-refractivity contribution is 0.0676. The van der Waals surface area contributed by atoms with E-state index >= 15 is 0 Å². The Hall–Kier alpha value is -0.520. The number of morpholine rings is 1. The Bertz CT molecular complexity index is 394. The standard InChI is InChI=1S/C12H15BrN2OS/c13-10-3-1-2-4-11(10)17-9-12(14)15-5-7-16-8-6-15/h1-4,14H,5-9H2. The molecule has 1 aromatic rings. The van der Waals surface area contributed by atoms with Crippen molar-refractivity contribution in [1.29, 1.82) is 5.41 Å². The first-order chi connectivity index (χ1) is 8.27. The molecule has 0 atom stereocenters. The van der Waals surface area contributed by atoms with E-state index in [0.717, 1.165) is 30.8 Å². The number of thioether (sulfide) groups is 1. The maximum absolute atomic E-state index is 8.04. The van der Waals surface area contributed by atoms with Crippen molar-refractivity contribution in [2.24, 2.45) is 0 Å². The fourth-order valence-corrected chi connectivity index (χ4v) is 3.12. The minimum Gasteiger partial charge on any atom is -0.378 e. The molecule has 3 nitrogen and oxygen atoms in total. The maximum atomic E-state index is 8.04. The predicted octanol–water partition coefficient (Wildman–Crippen LogP) is 2.85. The van der Waals surface area contributed by atoms with Gasteiger partial charge >= 0.3 is 0 Å². The number of hydrogen-bond acceptors (Lipinski definition) is 3. The van der Waals surface area contributed by atoms with E-state index in [4.69, 9.17) is 10.1 Å². The van der Waals surface area contributed by atoms with E-state index in [0.29, 0.717) is 11.6 Å². The Kier molecular flexibility index (Phi) is 4.88. The van der Waals surface area contributed by atoms with Gasteiger partial charge in [0, 0.05) is 22.5 Å². The molecule has 0 saturated carbocycles. The van der Waals surface area contributed by atoms with E-state index in [1.165, 1.54) is 4.90 Å². The van der Waals surface area contributed by atoms with Crippen LogP contribution >= 0.6 is 27.7 Å². The Morgan fingerprint density at radius 3 is 2.76 bits per heavy atom. The van der Waals surface area contributed by atoms with Gasteiger partial charge in [-0.3, -0.25) is 5.41 Å². The summed E-state index contributed by atoms with van der Waals surface area (Å²) >= 11 is 5.21. The van der Waals surface area contributed by atoms with Crippen LogP contribution in [0.2, 0.25) is 0 Å². The molecule has 1 fully saturated rings. The molecule has 1 N–H and O–H groups in total. The lowest BCUT2D eigenvalue weighted by atomic mass is 10.4. The van der Waals surface area contributed by atoms with Gasteiger partial charge < -0.3 is 9.64 Å². The van der Waals surface area contributed by atoms with Gasteiger partial charge in [-0.15, -0.1) is 11.8 Å². The van der Waals surface area contributed by atoms with E-state index in [2.05, 4.69) is 26.9 Å². The van der Waals surface area contributed by atoms with Crippen LogP contribution in [0.1, 0.15) is 0 Å². The largest absolute Gasteiger partial charge is 0.378 e. The summed E-state index contributed by atoms with van der Waals surface area (Å²) in [6.07, 6.45) is 0. The molecule has 17 heavy (non-hydrogen) atoms. The van der Waals surface area contributed by atoms with E-state index in [1.54, 1.807) is 11.8 Å². The van der Waals surface area contributed by atoms with Crippen LogP contribution in [0.3, 0.4) is 0 Å². The van der Waals surface area contributed by atoms with Gasteiger partial charge in [0.2, 0.25) is 0 Å². The summed E-state index contributed by atoms with van der Waals surface area (Å²) in [5.41, 5.74) is 0. The third-order valence-electron chi connectivity index (χ3n) is 2.59. The first-order valence-corrected chi connectivity index (χ1v) is 7.32. The van der Waals surface area contributed by atoms with Crippen molar-refractivity contribution < 1.29 is 4.74 Å². The summed E-state index contributed by atoms with van der Waals surface area (Å²) in [4.78, 5) is 3.28. The molecule has 2 rings (SSSR count). The van der Waals surface area contributed by atoms with Gasteiger partial charge in [0.1, 0.15) is 5.84 Å². The number of amidine groups is 1. The highest BCUT2D eigenvalue weighted by atomic mass is 79.9. The van der Waals surface area contributed by atoms with Crippen LogP contribution in [0.4, 0.5) is 0 Å². The Labute approximate surface area is 114 Å². The van der Waals surface area contributed by atoms with Crippen LogP contribution in [-0.2, 0) is 4.74 Å². The molecule has 1 aliphatic rings. The highest BCUT2D eigenvalue weighted by Gasteiger charge is 2.14. The second-order valence-corrected chi connectivity index (χ2v) is 5.64. The third-order valence-corrected chi connectivity index (χ3v) is 4.63. The van der Waals surface area contributed by atoms with Gasteiger partial charge in [-0.1, -0.05) is 12.1 Å². The lowest BCUT2D eigenvalue weighted by Gasteiger charge is -2.28. The molecule has 0 radical (unpaired) electrons. The first-order valence-electron chi connectivity index (χ1n) is 5.55. The summed E-state index contributed by atoms with van der Waals surface area (Å²) < 4.78 is 6.38. The van der Waals surface area contributed by atoms with Gasteiger partial charge in [0.15, 0.2) is 0 Å². The quantitative estimate of drug-likeness (QED) is 0.529. The normalized spacial score (nSPS) is 15.9. The summed E-state index contributed by atoms with van der Waals surface area (Å²) in [6.45, 7) is 3.16. The topological polar surface area (TPSA) is 36.3 Å². The number of halogens is 1. The van der Waals surface area contributed by atoms with E-state index in [9.17, 15) is 0 Å². The smallest absolute Gasteiger partial charge is 0.106 e. The molecular weight excluding hydrogens is 300 g/mol. The van der Waals surface area contributed by atoms with Crippen LogP contribution < -0.4 is 0 Å². The van der Waals surface area contributed by atoms with E-state index in [-0.39, 0.29) is 0 Å². The molecule has 1 saturated heterocycles. The van der Waals surface area contributed by atoms with Crippen molar-refractivity contribution in [3.05, 3.63) is 28.7 Å². The average Bonchev–Trinajstić information content (AvgIpc) is 2.38. The molecule has 0 spiro atoms. The average molecular weight is 315 g/mol. The zero-order chi connectivity index (χ0) is 12.1. The molecule has 0 unspecified atom stereocenters. The zero-order valence-corrected chi connectivity index (χ0v) is 11.9. The second kappa shape index (κ2) is 6.42. The molecule has 92 valence electrons. The minimum atomic E-state index is 0.689. The number of nitrogens with zero attached hydrogens (tertiary/aromatic N) is 1. The lowest BCUT2D eigenvalue weighted by Crippen LogP contribution is -2.41. The fourth-order valence-electron chi connectivity index (χ4n) is 1.63. The van der Waals surface area contributed by atoms with Crippen molar-refractivity contribution in [1.82, 2.24) is 4.90 Å². The number of nitrogens with one attached hydrogen (secondary N) is 1. The second-order valence-electron chi connectivity index (χ2n) is 3.77. The summed E-state index contributed by atoms with van der Waals surface area (Å²) in [7, 11) is 0. The molecule has 0 aliphatic carbocycles. The molecule has 0 amide bonds. The van der Waals surface area contributed by atoms with E-state index in [1.807, 2.05) is 18.2 Å². The highest BCUT2D eigenvalue weighted by Crippen LogP contribution is 2.27. The van der Waals surface area contributed by atoms with Crippen LogP contribution in [-0.4, -0.2) is 42.8 Å². The van der Waals surface area contributed by atoms with Gasteiger partial charge in [-0.2, -0.15) is 0 Å². The van der Waals surface area contributed by atoms with Crippen LogP contribution in [0.5, 0.6) is 0 Å². The van der Waals surface area contributed by atoms with Gasteiger partial charge in [-0.25, -0.2) is 0 Å². The summed E-state index contributed by atoms with van der Waals surface area (Å²) in [5.74, 6) is 1.40. The Morgan fingerprint density at radius 1 is 1.35 bits per heavy atom. The monoisotopic (exact) mass is 314 g/mol. The number of hydrogen-bond donors (Lipinski definition) is 1. The molecule has 5 heteroatoms. The third kappa shape index (κ3) is 3.72. The molecule has 1 aliphatic heterocycles. The van der Waals surface area contributed by atoms with Crippen molar-refractivity contribution in [2.75, 3.05) is 32.1 Å². The Balaban J connectivity index is 1.85. The highest BCUT2D eigenvalue weighted by molar-refractivity contribution is 9.10. The number of ether oxygens (including phenoxy) is 1. The SMILES string of the molecule is N=C(CSc1ccccc1Br)N1CCOCC1.